The van der Waals surface area contributed by atoms with Crippen molar-refractivity contribution < 1.29 is 19.5 Å². The molecule has 0 spiro atoms. The number of benzene rings is 3. The molecule has 0 saturated carbocycles. The van der Waals surface area contributed by atoms with Gasteiger partial charge in [0, 0.05) is 48.7 Å². The van der Waals surface area contributed by atoms with Gasteiger partial charge in [-0.05, 0) is 35.4 Å². The first-order chi connectivity index (χ1) is 20.8. The van der Waals surface area contributed by atoms with Gasteiger partial charge >= 0.3 is 6.03 Å². The van der Waals surface area contributed by atoms with E-state index < -0.39 is 12.2 Å². The molecule has 10 nitrogen and oxygen atoms in total. The van der Waals surface area contributed by atoms with E-state index in [1.165, 1.54) is 9.91 Å². The number of aromatic nitrogens is 1. The number of phenols is 1. The fourth-order valence-electron chi connectivity index (χ4n) is 5.88. The van der Waals surface area contributed by atoms with Crippen LogP contribution in [0.2, 0.25) is 5.02 Å². The van der Waals surface area contributed by atoms with Crippen LogP contribution in [0.4, 0.5) is 4.79 Å². The smallest absolute Gasteiger partial charge is 0.334 e. The lowest BCUT2D eigenvalue weighted by Crippen LogP contribution is -2.76. The molecular weight excluding hydrogens is 568 g/mol. The highest BCUT2D eigenvalue weighted by molar-refractivity contribution is 6.32. The maximum atomic E-state index is 14.2. The number of pyridine rings is 1. The van der Waals surface area contributed by atoms with Crippen molar-refractivity contribution in [2.75, 3.05) is 20.1 Å². The molecule has 2 N–H and O–H groups in total. The minimum absolute atomic E-state index is 0.0618. The van der Waals surface area contributed by atoms with E-state index in [0.717, 1.165) is 16.5 Å². The summed E-state index contributed by atoms with van der Waals surface area (Å²) in [7, 11) is 1.69. The summed E-state index contributed by atoms with van der Waals surface area (Å²) in [5.41, 5.74) is 3.09. The zero-order valence-electron chi connectivity index (χ0n) is 23.6. The molecule has 4 aromatic rings. The topological polar surface area (TPSA) is 109 Å². The summed E-state index contributed by atoms with van der Waals surface area (Å²) in [5, 5.41) is 17.3. The highest BCUT2D eigenvalue weighted by atomic mass is 35.5. The van der Waals surface area contributed by atoms with Crippen LogP contribution in [-0.2, 0) is 29.1 Å². The van der Waals surface area contributed by atoms with Crippen LogP contribution in [-0.4, -0.2) is 80.1 Å². The lowest BCUT2D eigenvalue weighted by Gasteiger charge is -2.54. The van der Waals surface area contributed by atoms with Gasteiger partial charge in [0.15, 0.2) is 0 Å². The van der Waals surface area contributed by atoms with E-state index in [9.17, 15) is 19.5 Å². The van der Waals surface area contributed by atoms with Gasteiger partial charge in [0.05, 0.1) is 18.6 Å². The quantitative estimate of drug-likeness (QED) is 0.350. The number of hydrazine groups is 1. The number of fused-ring (bicyclic) bond motifs is 2. The van der Waals surface area contributed by atoms with E-state index in [1.54, 1.807) is 53.5 Å². The number of nitrogens with one attached hydrogen (secondary N) is 1. The molecular formula is C32H31ClN6O4. The lowest BCUT2D eigenvalue weighted by molar-refractivity contribution is -0.187. The van der Waals surface area contributed by atoms with Gasteiger partial charge in [0.25, 0.3) is 0 Å². The van der Waals surface area contributed by atoms with Crippen LogP contribution in [0.25, 0.3) is 10.9 Å². The third kappa shape index (κ3) is 5.71. The summed E-state index contributed by atoms with van der Waals surface area (Å²) < 4.78 is 0. The third-order valence-electron chi connectivity index (χ3n) is 7.97. The van der Waals surface area contributed by atoms with E-state index in [-0.39, 0.29) is 49.7 Å². The SMILES string of the molecule is CN1CC(=O)N2[C@@H](CN(Cc3c(Cl)ccc4cccnc34)C(=O)[C@@H]2Cc2ccc(O)cc2)N1C(=O)NCc1ccccc1. The van der Waals surface area contributed by atoms with E-state index >= 15 is 0 Å². The van der Waals surface area contributed by atoms with Crippen LogP contribution in [0.1, 0.15) is 16.7 Å². The third-order valence-corrected chi connectivity index (χ3v) is 8.32. The number of hydrogen-bond donors (Lipinski definition) is 2. The largest absolute Gasteiger partial charge is 0.508 e. The molecule has 2 aliphatic rings. The molecule has 3 heterocycles. The van der Waals surface area contributed by atoms with Crippen molar-refractivity contribution in [1.82, 2.24) is 30.1 Å². The van der Waals surface area contributed by atoms with Gasteiger partial charge in [-0.2, -0.15) is 0 Å². The summed E-state index contributed by atoms with van der Waals surface area (Å²) in [5.74, 6) is -0.398. The van der Waals surface area contributed by atoms with Crippen LogP contribution < -0.4 is 5.32 Å². The summed E-state index contributed by atoms with van der Waals surface area (Å²) >= 11 is 6.66. The van der Waals surface area contributed by atoms with E-state index in [2.05, 4.69) is 10.3 Å². The normalized spacial score (nSPS) is 19.1. The standard InChI is InChI=1S/C32H31ClN6O4/c1-36-20-29(41)38-27(16-21-9-12-24(40)13-10-21)31(42)37(18-25-26(33)14-11-23-8-5-15-34-30(23)25)19-28(38)39(36)32(43)35-17-22-6-3-2-4-7-22/h2-15,27-28,40H,16-20H2,1H3,(H,35,43)/t27-,28+/m0/s1. The number of carbonyl (C=O) groups excluding carboxylic acids is 3. The summed E-state index contributed by atoms with van der Waals surface area (Å²) in [6.45, 7) is 0.481. The van der Waals surface area contributed by atoms with Crippen molar-refractivity contribution in [2.45, 2.75) is 31.7 Å². The van der Waals surface area contributed by atoms with Gasteiger partial charge in [-0.3, -0.25) is 14.6 Å². The highest BCUT2D eigenvalue weighted by Gasteiger charge is 2.50. The van der Waals surface area contributed by atoms with Crippen molar-refractivity contribution in [3.05, 3.63) is 107 Å². The minimum Gasteiger partial charge on any atom is -0.508 e. The van der Waals surface area contributed by atoms with Gasteiger partial charge in [-0.15, -0.1) is 0 Å². The zero-order chi connectivity index (χ0) is 30.1. The van der Waals surface area contributed by atoms with Crippen molar-refractivity contribution in [2.24, 2.45) is 0 Å². The maximum Gasteiger partial charge on any atom is 0.334 e. The Kier molecular flexibility index (Phi) is 7.88. The summed E-state index contributed by atoms with van der Waals surface area (Å²) in [4.78, 5) is 49.2. The molecule has 220 valence electrons. The van der Waals surface area contributed by atoms with E-state index in [0.29, 0.717) is 22.6 Å². The van der Waals surface area contributed by atoms with Crippen molar-refractivity contribution in [3.8, 4) is 5.75 Å². The molecule has 1 aromatic heterocycles. The van der Waals surface area contributed by atoms with Gasteiger partial charge in [0.1, 0.15) is 18.0 Å². The number of likely N-dealkylation sites (N-methyl/N-ethyl adjacent to an activating group) is 1. The maximum absolute atomic E-state index is 14.2. The van der Waals surface area contributed by atoms with Crippen LogP contribution in [0, 0.1) is 0 Å². The summed E-state index contributed by atoms with van der Waals surface area (Å²) in [6, 6.07) is 22.3. The second kappa shape index (κ2) is 11.9. The van der Waals surface area contributed by atoms with Crippen LogP contribution in [0.5, 0.6) is 5.75 Å². The second-order valence-electron chi connectivity index (χ2n) is 10.8. The number of aromatic hydroxyl groups is 1. The number of rotatable bonds is 6. The molecule has 0 radical (unpaired) electrons. The Bertz CT molecular complexity index is 1670. The number of hydrogen-bond acceptors (Lipinski definition) is 6. The molecule has 11 heteroatoms. The fourth-order valence-corrected chi connectivity index (χ4v) is 6.09. The summed E-state index contributed by atoms with van der Waals surface area (Å²) in [6.07, 6.45) is 1.13. The Labute approximate surface area is 254 Å². The first-order valence-corrected chi connectivity index (χ1v) is 14.4. The Hall–Kier alpha value is -4.67. The monoisotopic (exact) mass is 598 g/mol. The van der Waals surface area contributed by atoms with E-state index in [1.807, 2.05) is 48.5 Å². The molecule has 2 saturated heterocycles. The first kappa shape index (κ1) is 28.4. The molecule has 4 amide bonds. The molecule has 6 rings (SSSR count). The number of carbonyl (C=O) groups is 3. The molecule has 0 aliphatic carbocycles. The number of nitrogens with zero attached hydrogens (tertiary/aromatic N) is 5. The number of urea groups is 1. The molecule has 3 aromatic carbocycles. The second-order valence-corrected chi connectivity index (χ2v) is 11.2. The van der Waals surface area contributed by atoms with Crippen molar-refractivity contribution in [3.63, 3.8) is 0 Å². The Morgan fingerprint density at radius 3 is 2.53 bits per heavy atom. The molecule has 43 heavy (non-hydrogen) atoms. The van der Waals surface area contributed by atoms with Gasteiger partial charge in [-0.25, -0.2) is 14.8 Å². The van der Waals surface area contributed by atoms with E-state index in [4.69, 9.17) is 11.6 Å². The van der Waals surface area contributed by atoms with Gasteiger partial charge < -0.3 is 20.2 Å². The lowest BCUT2D eigenvalue weighted by atomic mass is 9.98. The van der Waals surface area contributed by atoms with Crippen molar-refractivity contribution >= 4 is 40.3 Å². The number of phenolic OH excluding ortho intramolecular Hbond substituents is 1. The Morgan fingerprint density at radius 2 is 1.77 bits per heavy atom. The Morgan fingerprint density at radius 1 is 1.00 bits per heavy atom. The average Bonchev–Trinajstić information content (AvgIpc) is 3.01. The van der Waals surface area contributed by atoms with Crippen LogP contribution in [0.3, 0.4) is 0 Å². The first-order valence-electron chi connectivity index (χ1n) is 14.0. The van der Waals surface area contributed by atoms with Gasteiger partial charge in [0.2, 0.25) is 11.8 Å². The van der Waals surface area contributed by atoms with Gasteiger partial charge in [-0.1, -0.05) is 66.2 Å². The minimum atomic E-state index is -0.879. The zero-order valence-corrected chi connectivity index (χ0v) is 24.3. The highest BCUT2D eigenvalue weighted by Crippen LogP contribution is 2.32. The average molecular weight is 599 g/mol. The molecule has 2 fully saturated rings. The molecule has 0 bridgehead atoms. The van der Waals surface area contributed by atoms with Crippen LogP contribution >= 0.6 is 11.6 Å². The number of amides is 4. The number of halogens is 1. The number of piperazine rings is 1. The Balaban J connectivity index is 1.36. The van der Waals surface area contributed by atoms with Crippen LogP contribution in [0.15, 0.2) is 85.1 Å². The predicted molar refractivity (Wildman–Crippen MR) is 162 cm³/mol. The molecule has 2 atom stereocenters. The predicted octanol–water partition coefficient (Wildman–Crippen LogP) is 3.77. The fraction of sp³-hybridized carbons (Fsp3) is 0.250. The molecule has 0 unspecified atom stereocenters. The molecule has 2 aliphatic heterocycles. The van der Waals surface area contributed by atoms with Crippen molar-refractivity contribution in [1.29, 1.82) is 0 Å².